The smallest absolute Gasteiger partial charge is 0.337 e. The molecule has 7 nitrogen and oxygen atoms in total. The quantitative estimate of drug-likeness (QED) is 0.757. The van der Waals surface area contributed by atoms with Crippen LogP contribution >= 0.6 is 0 Å². The summed E-state index contributed by atoms with van der Waals surface area (Å²) in [5.74, 6) is -1.82. The predicted molar refractivity (Wildman–Crippen MR) is 93.1 cm³/mol. The molecule has 0 fully saturated rings. The average Bonchev–Trinajstić information content (AvgIpc) is 2.66. The number of rotatable bonds is 6. The first-order valence-corrected chi connectivity index (χ1v) is 7.72. The van der Waals surface area contributed by atoms with Crippen molar-refractivity contribution in [3.05, 3.63) is 70.8 Å². The van der Waals surface area contributed by atoms with Crippen LogP contribution in [0.2, 0.25) is 0 Å². The van der Waals surface area contributed by atoms with Gasteiger partial charge in [-0.05, 0) is 35.9 Å². The zero-order valence-corrected chi connectivity index (χ0v) is 14.1. The van der Waals surface area contributed by atoms with Crippen LogP contribution in [0.15, 0.2) is 48.5 Å². The fourth-order valence-corrected chi connectivity index (χ4v) is 2.37. The van der Waals surface area contributed by atoms with Gasteiger partial charge in [-0.25, -0.2) is 4.79 Å². The predicted octanol–water partition coefficient (Wildman–Crippen LogP) is 1.17. The van der Waals surface area contributed by atoms with E-state index in [0.29, 0.717) is 11.1 Å². The summed E-state index contributed by atoms with van der Waals surface area (Å²) in [4.78, 5) is 35.7. The Morgan fingerprint density at radius 3 is 2.50 bits per heavy atom. The van der Waals surface area contributed by atoms with Crippen LogP contribution in [0.3, 0.4) is 0 Å². The van der Waals surface area contributed by atoms with Gasteiger partial charge in [-0.3, -0.25) is 9.59 Å². The number of carbonyl (C=O) groups excluding carboxylic acids is 3. The summed E-state index contributed by atoms with van der Waals surface area (Å²) in [6, 6.07) is 13.7. The fraction of sp³-hybridized carbons (Fsp3) is 0.158. The van der Waals surface area contributed by atoms with Crippen molar-refractivity contribution in [1.82, 2.24) is 5.32 Å². The van der Waals surface area contributed by atoms with E-state index < -0.39 is 23.8 Å². The van der Waals surface area contributed by atoms with Crippen molar-refractivity contribution in [2.24, 2.45) is 5.73 Å². The van der Waals surface area contributed by atoms with Gasteiger partial charge in [0.25, 0.3) is 5.91 Å². The molecule has 0 heterocycles. The van der Waals surface area contributed by atoms with Crippen molar-refractivity contribution in [3.63, 3.8) is 0 Å². The SMILES string of the molecule is COC(=O)c1cccc(C(=O)N[C@@H](Cc2cccc(C#N)c2)C(N)=O)c1. The second-order valence-corrected chi connectivity index (χ2v) is 5.52. The molecule has 0 unspecified atom stereocenters. The lowest BCUT2D eigenvalue weighted by molar-refractivity contribution is -0.119. The number of primary amides is 1. The Morgan fingerprint density at radius 1 is 1.15 bits per heavy atom. The molecule has 132 valence electrons. The van der Waals surface area contributed by atoms with Gasteiger partial charge >= 0.3 is 5.97 Å². The van der Waals surface area contributed by atoms with Gasteiger partial charge in [-0.15, -0.1) is 0 Å². The molecule has 26 heavy (non-hydrogen) atoms. The minimum atomic E-state index is -0.960. The number of amides is 2. The molecule has 2 aromatic rings. The Kier molecular flexibility index (Phi) is 6.06. The van der Waals surface area contributed by atoms with E-state index in [1.165, 1.54) is 31.4 Å². The molecule has 0 saturated heterocycles. The molecule has 0 aliphatic heterocycles. The summed E-state index contributed by atoms with van der Waals surface area (Å²) >= 11 is 0. The van der Waals surface area contributed by atoms with Gasteiger partial charge < -0.3 is 15.8 Å². The normalized spacial score (nSPS) is 11.1. The largest absolute Gasteiger partial charge is 0.465 e. The third-order valence-corrected chi connectivity index (χ3v) is 3.69. The lowest BCUT2D eigenvalue weighted by Crippen LogP contribution is -2.45. The number of nitriles is 1. The number of methoxy groups -OCH3 is 1. The van der Waals surface area contributed by atoms with E-state index in [4.69, 9.17) is 11.0 Å². The first-order chi connectivity index (χ1) is 12.4. The highest BCUT2D eigenvalue weighted by Gasteiger charge is 2.20. The van der Waals surface area contributed by atoms with E-state index in [9.17, 15) is 14.4 Å². The Bertz CT molecular complexity index is 886. The molecule has 0 aliphatic carbocycles. The molecule has 2 aromatic carbocycles. The van der Waals surface area contributed by atoms with E-state index in [-0.39, 0.29) is 17.5 Å². The first-order valence-electron chi connectivity index (χ1n) is 7.72. The molecule has 7 heteroatoms. The minimum Gasteiger partial charge on any atom is -0.465 e. The Labute approximate surface area is 150 Å². The number of ether oxygens (including phenoxy) is 1. The number of benzene rings is 2. The molecule has 0 bridgehead atoms. The standard InChI is InChI=1S/C19H17N3O4/c1-26-19(25)15-7-3-6-14(10-15)18(24)22-16(17(21)23)9-12-4-2-5-13(8-12)11-20/h2-8,10,16H,9H2,1H3,(H2,21,23)(H,22,24)/t16-/m0/s1. The fourth-order valence-electron chi connectivity index (χ4n) is 2.37. The third-order valence-electron chi connectivity index (χ3n) is 3.69. The summed E-state index contributed by atoms with van der Waals surface area (Å²) in [5.41, 5.74) is 6.95. The topological polar surface area (TPSA) is 122 Å². The number of nitrogens with zero attached hydrogens (tertiary/aromatic N) is 1. The second kappa shape index (κ2) is 8.44. The summed E-state index contributed by atoms with van der Waals surface area (Å²) in [5, 5.41) is 11.5. The maximum atomic E-state index is 12.4. The van der Waals surface area contributed by atoms with Gasteiger partial charge in [0.1, 0.15) is 6.04 Å². The maximum Gasteiger partial charge on any atom is 0.337 e. The van der Waals surface area contributed by atoms with Crippen molar-refractivity contribution in [3.8, 4) is 6.07 Å². The Hall–Kier alpha value is -3.66. The molecule has 2 rings (SSSR count). The first kappa shape index (κ1) is 18.7. The van der Waals surface area contributed by atoms with Crippen molar-refractivity contribution < 1.29 is 19.1 Å². The van der Waals surface area contributed by atoms with Crippen molar-refractivity contribution in [2.45, 2.75) is 12.5 Å². The van der Waals surface area contributed by atoms with E-state index >= 15 is 0 Å². The van der Waals surface area contributed by atoms with Crippen LogP contribution in [-0.2, 0) is 16.0 Å². The third kappa shape index (κ3) is 4.68. The molecule has 0 spiro atoms. The molecular formula is C19H17N3O4. The second-order valence-electron chi connectivity index (χ2n) is 5.52. The number of carbonyl (C=O) groups is 3. The Balaban J connectivity index is 2.17. The number of nitrogens with one attached hydrogen (secondary N) is 1. The van der Waals surface area contributed by atoms with Crippen molar-refractivity contribution in [2.75, 3.05) is 7.11 Å². The molecule has 0 saturated carbocycles. The highest BCUT2D eigenvalue weighted by molar-refractivity contribution is 5.99. The zero-order chi connectivity index (χ0) is 19.1. The molecule has 3 N–H and O–H groups in total. The highest BCUT2D eigenvalue weighted by atomic mass is 16.5. The van der Waals surface area contributed by atoms with Crippen LogP contribution in [0.25, 0.3) is 0 Å². The summed E-state index contributed by atoms with van der Waals surface area (Å²) in [7, 11) is 1.24. The zero-order valence-electron chi connectivity index (χ0n) is 14.1. The van der Waals surface area contributed by atoms with Gasteiger partial charge in [0.05, 0.1) is 24.3 Å². The molecule has 0 radical (unpaired) electrons. The van der Waals surface area contributed by atoms with Gasteiger partial charge in [0.15, 0.2) is 0 Å². The number of hydrogen-bond acceptors (Lipinski definition) is 5. The summed E-state index contributed by atoms with van der Waals surface area (Å²) < 4.78 is 4.62. The van der Waals surface area contributed by atoms with E-state index in [1.807, 2.05) is 6.07 Å². The summed E-state index contributed by atoms with van der Waals surface area (Å²) in [6.07, 6.45) is 0.146. The highest BCUT2D eigenvalue weighted by Crippen LogP contribution is 2.10. The summed E-state index contributed by atoms with van der Waals surface area (Å²) in [6.45, 7) is 0. The number of nitrogens with two attached hydrogens (primary N) is 1. The van der Waals surface area contributed by atoms with Gasteiger partial charge in [0, 0.05) is 12.0 Å². The van der Waals surface area contributed by atoms with E-state index in [2.05, 4.69) is 10.1 Å². The van der Waals surface area contributed by atoms with Crippen LogP contribution in [0, 0.1) is 11.3 Å². The van der Waals surface area contributed by atoms with Crippen LogP contribution in [0.4, 0.5) is 0 Å². The van der Waals surface area contributed by atoms with E-state index in [0.717, 1.165) is 0 Å². The molecular weight excluding hydrogens is 334 g/mol. The van der Waals surface area contributed by atoms with Gasteiger partial charge in [-0.2, -0.15) is 5.26 Å². The van der Waals surface area contributed by atoms with Gasteiger partial charge in [-0.1, -0.05) is 18.2 Å². The maximum absolute atomic E-state index is 12.4. The van der Waals surface area contributed by atoms with E-state index in [1.54, 1.807) is 24.3 Å². The van der Waals surface area contributed by atoms with Crippen molar-refractivity contribution >= 4 is 17.8 Å². The van der Waals surface area contributed by atoms with Crippen molar-refractivity contribution in [1.29, 1.82) is 5.26 Å². The van der Waals surface area contributed by atoms with Crippen LogP contribution in [0.1, 0.15) is 31.8 Å². The van der Waals surface area contributed by atoms with Crippen LogP contribution in [0.5, 0.6) is 0 Å². The number of esters is 1. The lowest BCUT2D eigenvalue weighted by Gasteiger charge is -2.16. The van der Waals surface area contributed by atoms with Gasteiger partial charge in [0.2, 0.25) is 5.91 Å². The molecule has 0 aliphatic rings. The average molecular weight is 351 g/mol. The van der Waals surface area contributed by atoms with Crippen LogP contribution < -0.4 is 11.1 Å². The monoisotopic (exact) mass is 351 g/mol. The molecule has 2 amide bonds. The van der Waals surface area contributed by atoms with Crippen LogP contribution in [-0.4, -0.2) is 30.9 Å². The minimum absolute atomic E-state index is 0.146. The lowest BCUT2D eigenvalue weighted by atomic mass is 10.0. The molecule has 0 aromatic heterocycles. The number of hydrogen-bond donors (Lipinski definition) is 2. The molecule has 1 atom stereocenters. The Morgan fingerprint density at radius 2 is 1.85 bits per heavy atom.